The number of aliphatic hydroxyl groups excluding tert-OH is 1. The third-order valence-corrected chi connectivity index (χ3v) is 4.70. The number of hydrogen-bond acceptors (Lipinski definition) is 4. The van der Waals surface area contributed by atoms with Gasteiger partial charge in [-0.05, 0) is 47.5 Å². The second-order valence-electron chi connectivity index (χ2n) is 5.89. The highest BCUT2D eigenvalue weighted by molar-refractivity contribution is 7.07. The van der Waals surface area contributed by atoms with E-state index < -0.39 is 17.7 Å². The minimum absolute atomic E-state index is 0.00349. The third-order valence-electron chi connectivity index (χ3n) is 4.00. The lowest BCUT2D eigenvalue weighted by atomic mass is 10.1. The smallest absolute Gasteiger partial charge is 0.129 e. The van der Waals surface area contributed by atoms with Gasteiger partial charge in [0, 0.05) is 25.2 Å². The van der Waals surface area contributed by atoms with Crippen LogP contribution in [0.1, 0.15) is 30.3 Å². The summed E-state index contributed by atoms with van der Waals surface area (Å²) in [5.74, 6) is -1.14. The number of hydrogen-bond donors (Lipinski definition) is 1. The Morgan fingerprint density at radius 3 is 2.91 bits per heavy atom. The van der Waals surface area contributed by atoms with E-state index in [4.69, 9.17) is 4.74 Å². The summed E-state index contributed by atoms with van der Waals surface area (Å²) in [6, 6.07) is 5.17. The van der Waals surface area contributed by atoms with Gasteiger partial charge < -0.3 is 9.84 Å². The molecule has 23 heavy (non-hydrogen) atoms. The molecule has 1 saturated heterocycles. The van der Waals surface area contributed by atoms with E-state index in [9.17, 15) is 13.9 Å². The molecule has 1 aromatic carbocycles. The van der Waals surface area contributed by atoms with Crippen LogP contribution in [-0.4, -0.2) is 35.7 Å². The Labute approximate surface area is 138 Å². The Morgan fingerprint density at radius 2 is 2.17 bits per heavy atom. The van der Waals surface area contributed by atoms with Gasteiger partial charge in [-0.15, -0.1) is 0 Å². The van der Waals surface area contributed by atoms with Gasteiger partial charge in [0.15, 0.2) is 0 Å². The summed E-state index contributed by atoms with van der Waals surface area (Å²) >= 11 is 1.61. The zero-order valence-electron chi connectivity index (χ0n) is 12.8. The fourth-order valence-corrected chi connectivity index (χ4v) is 3.65. The zero-order chi connectivity index (χ0) is 16.4. The summed E-state index contributed by atoms with van der Waals surface area (Å²) in [5.41, 5.74) is 1.11. The van der Waals surface area contributed by atoms with Gasteiger partial charge in [0.2, 0.25) is 0 Å². The number of morpholine rings is 1. The Kier molecular flexibility index (Phi) is 5.06. The quantitative estimate of drug-likeness (QED) is 0.925. The first-order valence-corrected chi connectivity index (χ1v) is 8.50. The van der Waals surface area contributed by atoms with E-state index in [0.717, 1.165) is 23.8 Å². The molecule has 0 spiro atoms. The maximum absolute atomic E-state index is 13.8. The Balaban J connectivity index is 1.70. The molecule has 3 nitrogen and oxygen atoms in total. The molecule has 1 N–H and O–H groups in total. The van der Waals surface area contributed by atoms with E-state index in [-0.39, 0.29) is 24.3 Å². The van der Waals surface area contributed by atoms with E-state index >= 15 is 0 Å². The Hall–Kier alpha value is -1.34. The molecule has 0 radical (unpaired) electrons. The van der Waals surface area contributed by atoms with Gasteiger partial charge in [0.1, 0.15) is 11.6 Å². The van der Waals surface area contributed by atoms with Crippen molar-refractivity contribution in [3.63, 3.8) is 0 Å². The first-order valence-electron chi connectivity index (χ1n) is 7.56. The van der Waals surface area contributed by atoms with Gasteiger partial charge in [-0.25, -0.2) is 8.78 Å². The van der Waals surface area contributed by atoms with Gasteiger partial charge in [0.25, 0.3) is 0 Å². The molecule has 1 fully saturated rings. The molecule has 0 aliphatic carbocycles. The first kappa shape index (κ1) is 16.5. The molecule has 1 aliphatic heterocycles. The average Bonchev–Trinajstić information content (AvgIpc) is 3.03. The topological polar surface area (TPSA) is 32.7 Å². The van der Waals surface area contributed by atoms with Crippen LogP contribution in [0.5, 0.6) is 0 Å². The van der Waals surface area contributed by atoms with E-state index in [1.165, 1.54) is 0 Å². The average molecular weight is 339 g/mol. The lowest BCUT2D eigenvalue weighted by molar-refractivity contribution is -0.0870. The molecule has 6 heteroatoms. The van der Waals surface area contributed by atoms with Crippen LogP contribution in [0.15, 0.2) is 35.0 Å². The summed E-state index contributed by atoms with van der Waals surface area (Å²) in [6.07, 6.45) is -1.12. The molecule has 124 valence electrons. The van der Waals surface area contributed by atoms with Crippen molar-refractivity contribution in [3.05, 3.63) is 57.8 Å². The fourth-order valence-electron chi connectivity index (χ4n) is 2.94. The van der Waals surface area contributed by atoms with Crippen LogP contribution in [0.2, 0.25) is 0 Å². The number of β-amino-alcohol motifs (C(OH)–C–C–N with tert-alkyl or cyclic N) is 1. The molecule has 0 amide bonds. The number of nitrogens with zero attached hydrogens (tertiary/aromatic N) is 1. The number of aliphatic hydroxyl groups is 1. The number of thiophene rings is 1. The summed E-state index contributed by atoms with van der Waals surface area (Å²) in [5, 5.41) is 14.3. The highest BCUT2D eigenvalue weighted by Crippen LogP contribution is 2.28. The summed E-state index contributed by atoms with van der Waals surface area (Å²) in [4.78, 5) is 2.03. The minimum atomic E-state index is -1.07. The van der Waals surface area contributed by atoms with Crippen LogP contribution in [0, 0.1) is 11.6 Å². The van der Waals surface area contributed by atoms with Crippen molar-refractivity contribution in [3.8, 4) is 0 Å². The van der Waals surface area contributed by atoms with Crippen LogP contribution < -0.4 is 0 Å². The predicted molar refractivity (Wildman–Crippen MR) is 85.4 cm³/mol. The molecule has 3 rings (SSSR count). The molecule has 0 bridgehead atoms. The first-order chi connectivity index (χ1) is 11.0. The number of benzene rings is 1. The van der Waals surface area contributed by atoms with Crippen LogP contribution in [-0.2, 0) is 4.74 Å². The van der Waals surface area contributed by atoms with Crippen LogP contribution in [0.3, 0.4) is 0 Å². The molecule has 0 saturated carbocycles. The molecule has 2 aromatic rings. The zero-order valence-corrected chi connectivity index (χ0v) is 13.6. The lowest BCUT2D eigenvalue weighted by Crippen LogP contribution is -2.44. The van der Waals surface area contributed by atoms with Crippen molar-refractivity contribution in [2.75, 3.05) is 19.6 Å². The molecular formula is C17H19F2NO2S. The second-order valence-corrected chi connectivity index (χ2v) is 6.67. The van der Waals surface area contributed by atoms with Gasteiger partial charge in [0.05, 0.1) is 18.3 Å². The number of ether oxygens (including phenoxy) is 1. The van der Waals surface area contributed by atoms with Crippen LogP contribution >= 0.6 is 11.3 Å². The normalized spacial score (nSPS) is 23.8. The molecular weight excluding hydrogens is 320 g/mol. The largest absolute Gasteiger partial charge is 0.387 e. The van der Waals surface area contributed by atoms with E-state index in [2.05, 4.69) is 0 Å². The highest BCUT2D eigenvalue weighted by atomic mass is 32.1. The molecule has 1 aromatic heterocycles. The number of halogens is 2. The summed E-state index contributed by atoms with van der Waals surface area (Å²) in [6.45, 7) is 3.49. The molecule has 1 aliphatic rings. The SMILES string of the molecule is CC1CN(CC(O)c2cc(F)ccc2F)CC(c2ccsc2)O1. The third kappa shape index (κ3) is 3.95. The minimum Gasteiger partial charge on any atom is -0.387 e. The molecule has 2 heterocycles. The van der Waals surface area contributed by atoms with Crippen LogP contribution in [0.4, 0.5) is 8.78 Å². The standard InChI is InChI=1S/C17H19F2NO2S/c1-11-7-20(9-17(22-11)12-4-5-23-10-12)8-16(21)14-6-13(18)2-3-15(14)19/h2-6,10-11,16-17,21H,7-9H2,1H3. The predicted octanol–water partition coefficient (Wildman–Crippen LogP) is 3.52. The van der Waals surface area contributed by atoms with Gasteiger partial charge >= 0.3 is 0 Å². The monoisotopic (exact) mass is 339 g/mol. The van der Waals surface area contributed by atoms with Gasteiger partial charge in [-0.1, -0.05) is 0 Å². The van der Waals surface area contributed by atoms with Crippen molar-refractivity contribution in [1.29, 1.82) is 0 Å². The highest BCUT2D eigenvalue weighted by Gasteiger charge is 2.28. The van der Waals surface area contributed by atoms with Crippen molar-refractivity contribution >= 4 is 11.3 Å². The number of rotatable bonds is 4. The summed E-state index contributed by atoms with van der Waals surface area (Å²) < 4.78 is 33.0. The molecule has 3 unspecified atom stereocenters. The Bertz CT molecular complexity index is 650. The maximum Gasteiger partial charge on any atom is 0.129 e. The molecule has 3 atom stereocenters. The van der Waals surface area contributed by atoms with E-state index in [0.29, 0.717) is 13.1 Å². The lowest BCUT2D eigenvalue weighted by Gasteiger charge is -2.37. The Morgan fingerprint density at radius 1 is 1.35 bits per heavy atom. The van der Waals surface area contributed by atoms with Gasteiger partial charge in [-0.3, -0.25) is 4.90 Å². The fraction of sp³-hybridized carbons (Fsp3) is 0.412. The van der Waals surface area contributed by atoms with Crippen LogP contribution in [0.25, 0.3) is 0 Å². The van der Waals surface area contributed by atoms with Crippen molar-refractivity contribution < 1.29 is 18.6 Å². The van der Waals surface area contributed by atoms with Crippen molar-refractivity contribution in [1.82, 2.24) is 4.90 Å². The van der Waals surface area contributed by atoms with Crippen molar-refractivity contribution in [2.24, 2.45) is 0 Å². The maximum atomic E-state index is 13.8. The summed E-state index contributed by atoms with van der Waals surface area (Å²) in [7, 11) is 0. The van der Waals surface area contributed by atoms with E-state index in [1.807, 2.05) is 28.7 Å². The second kappa shape index (κ2) is 7.05. The van der Waals surface area contributed by atoms with E-state index in [1.54, 1.807) is 11.3 Å². The van der Waals surface area contributed by atoms with Crippen molar-refractivity contribution in [2.45, 2.75) is 25.2 Å². The van der Waals surface area contributed by atoms with Gasteiger partial charge in [-0.2, -0.15) is 11.3 Å².